The molecular weight excluding hydrogens is 210 g/mol. The first-order valence-electron chi connectivity index (χ1n) is 5.01. The lowest BCUT2D eigenvalue weighted by atomic mass is 10.2. The Kier molecular flexibility index (Phi) is 4.44. The molecule has 0 bridgehead atoms. The quantitative estimate of drug-likeness (QED) is 0.607. The highest BCUT2D eigenvalue weighted by atomic mass is 16.5. The topological polar surface area (TPSA) is 76.5 Å². The zero-order chi connectivity index (χ0) is 12.0. The summed E-state index contributed by atoms with van der Waals surface area (Å²) in [7, 11) is 0. The molecule has 0 saturated heterocycles. The first kappa shape index (κ1) is 12.2. The van der Waals surface area contributed by atoms with E-state index >= 15 is 0 Å². The van der Waals surface area contributed by atoms with Crippen molar-refractivity contribution in [3.05, 3.63) is 29.6 Å². The van der Waals surface area contributed by atoms with Crippen LogP contribution in [-0.2, 0) is 4.74 Å². The van der Waals surface area contributed by atoms with Gasteiger partial charge in [-0.05, 0) is 18.6 Å². The number of nitrogens with zero attached hydrogens (tertiary/aromatic N) is 1. The summed E-state index contributed by atoms with van der Waals surface area (Å²) in [6, 6.07) is 2.67. The number of hydrogen-bond acceptors (Lipinski definition) is 4. The molecule has 0 aromatic carbocycles. The van der Waals surface area contributed by atoms with Gasteiger partial charge < -0.3 is 9.84 Å². The zero-order valence-corrected chi connectivity index (χ0v) is 8.97. The standard InChI is InChI=1S/C11H13NO4/c1-2-3-6-16-11(15)9-5-4-8(7-12-9)10(13)14/h4-5,7H,2-3,6H2,1H3,(H,13,14). The van der Waals surface area contributed by atoms with Crippen molar-refractivity contribution in [1.82, 2.24) is 4.98 Å². The third-order valence-electron chi connectivity index (χ3n) is 1.95. The summed E-state index contributed by atoms with van der Waals surface area (Å²) in [5, 5.41) is 8.63. The first-order valence-corrected chi connectivity index (χ1v) is 5.01. The molecule has 16 heavy (non-hydrogen) atoms. The molecule has 0 radical (unpaired) electrons. The average molecular weight is 223 g/mol. The Morgan fingerprint density at radius 1 is 1.44 bits per heavy atom. The molecule has 0 unspecified atom stereocenters. The van der Waals surface area contributed by atoms with Crippen LogP contribution in [0.4, 0.5) is 0 Å². The lowest BCUT2D eigenvalue weighted by molar-refractivity contribution is 0.0491. The van der Waals surface area contributed by atoms with E-state index in [4.69, 9.17) is 9.84 Å². The van der Waals surface area contributed by atoms with E-state index in [1.54, 1.807) is 0 Å². The molecular formula is C11H13NO4. The third-order valence-corrected chi connectivity index (χ3v) is 1.95. The number of hydrogen-bond donors (Lipinski definition) is 1. The number of carboxylic acids is 1. The van der Waals surface area contributed by atoms with E-state index in [0.717, 1.165) is 19.0 Å². The van der Waals surface area contributed by atoms with Crippen molar-refractivity contribution in [2.75, 3.05) is 6.61 Å². The van der Waals surface area contributed by atoms with Gasteiger partial charge in [-0.3, -0.25) is 0 Å². The van der Waals surface area contributed by atoms with Crippen LogP contribution in [-0.4, -0.2) is 28.6 Å². The Morgan fingerprint density at radius 2 is 2.19 bits per heavy atom. The minimum atomic E-state index is -1.07. The maximum absolute atomic E-state index is 11.4. The molecule has 0 spiro atoms. The van der Waals surface area contributed by atoms with Crippen LogP contribution in [0.25, 0.3) is 0 Å². The SMILES string of the molecule is CCCCOC(=O)c1ccc(C(=O)O)cn1. The van der Waals surface area contributed by atoms with E-state index in [9.17, 15) is 9.59 Å². The molecule has 0 fully saturated rings. The molecule has 1 heterocycles. The van der Waals surface area contributed by atoms with E-state index in [1.807, 2.05) is 6.92 Å². The lowest BCUT2D eigenvalue weighted by Gasteiger charge is -2.02. The highest BCUT2D eigenvalue weighted by molar-refractivity contribution is 5.90. The van der Waals surface area contributed by atoms with E-state index < -0.39 is 11.9 Å². The molecule has 0 amide bonds. The van der Waals surface area contributed by atoms with Gasteiger partial charge in [0.25, 0.3) is 0 Å². The number of carbonyl (C=O) groups excluding carboxylic acids is 1. The average Bonchev–Trinajstić information content (AvgIpc) is 2.29. The van der Waals surface area contributed by atoms with Crippen molar-refractivity contribution in [3.63, 3.8) is 0 Å². The van der Waals surface area contributed by atoms with Crippen molar-refractivity contribution in [1.29, 1.82) is 0 Å². The molecule has 0 aliphatic rings. The number of unbranched alkanes of at least 4 members (excludes halogenated alkanes) is 1. The van der Waals surface area contributed by atoms with E-state index in [2.05, 4.69) is 4.98 Å². The summed E-state index contributed by atoms with van der Waals surface area (Å²) >= 11 is 0. The Labute approximate surface area is 93.1 Å². The number of ether oxygens (including phenoxy) is 1. The fraction of sp³-hybridized carbons (Fsp3) is 0.364. The van der Waals surface area contributed by atoms with E-state index in [0.29, 0.717) is 6.61 Å². The maximum atomic E-state index is 11.4. The fourth-order valence-corrected chi connectivity index (χ4v) is 1.02. The number of carboxylic acid groups (broad SMARTS) is 1. The van der Waals surface area contributed by atoms with Crippen LogP contribution in [0.2, 0.25) is 0 Å². The van der Waals surface area contributed by atoms with E-state index in [1.165, 1.54) is 12.1 Å². The van der Waals surface area contributed by atoms with Crippen molar-refractivity contribution < 1.29 is 19.4 Å². The van der Waals surface area contributed by atoms with Gasteiger partial charge in [0.2, 0.25) is 0 Å². The van der Waals surface area contributed by atoms with Crippen LogP contribution < -0.4 is 0 Å². The third kappa shape index (κ3) is 3.34. The van der Waals surface area contributed by atoms with Gasteiger partial charge in [-0.2, -0.15) is 0 Å². The number of aromatic carboxylic acids is 1. The predicted octanol–water partition coefficient (Wildman–Crippen LogP) is 1.74. The number of esters is 1. The summed E-state index contributed by atoms with van der Waals surface area (Å²) in [5.41, 5.74) is 0.172. The van der Waals surface area contributed by atoms with Gasteiger partial charge in [0.1, 0.15) is 5.69 Å². The second-order valence-corrected chi connectivity index (χ2v) is 3.23. The minimum Gasteiger partial charge on any atom is -0.478 e. The molecule has 0 saturated carbocycles. The molecule has 86 valence electrons. The highest BCUT2D eigenvalue weighted by Crippen LogP contribution is 2.02. The number of carbonyl (C=O) groups is 2. The number of rotatable bonds is 5. The van der Waals surface area contributed by atoms with Crippen LogP contribution in [0.15, 0.2) is 18.3 Å². The fourth-order valence-electron chi connectivity index (χ4n) is 1.02. The van der Waals surface area contributed by atoms with Gasteiger partial charge in [-0.25, -0.2) is 14.6 Å². The zero-order valence-electron chi connectivity index (χ0n) is 8.97. The first-order chi connectivity index (χ1) is 7.65. The molecule has 1 rings (SSSR count). The normalized spacial score (nSPS) is 9.81. The van der Waals surface area contributed by atoms with Gasteiger partial charge in [-0.1, -0.05) is 13.3 Å². The Hall–Kier alpha value is -1.91. The van der Waals surface area contributed by atoms with Crippen LogP contribution in [0.1, 0.15) is 40.6 Å². The monoisotopic (exact) mass is 223 g/mol. The van der Waals surface area contributed by atoms with Crippen LogP contribution >= 0.6 is 0 Å². The van der Waals surface area contributed by atoms with Crippen molar-refractivity contribution in [2.45, 2.75) is 19.8 Å². The molecule has 1 aromatic rings. The highest BCUT2D eigenvalue weighted by Gasteiger charge is 2.10. The smallest absolute Gasteiger partial charge is 0.356 e. The van der Waals surface area contributed by atoms with Gasteiger partial charge >= 0.3 is 11.9 Å². The molecule has 1 aromatic heterocycles. The predicted molar refractivity (Wildman–Crippen MR) is 56.4 cm³/mol. The van der Waals surface area contributed by atoms with Gasteiger partial charge in [-0.15, -0.1) is 0 Å². The van der Waals surface area contributed by atoms with Crippen molar-refractivity contribution in [2.24, 2.45) is 0 Å². The molecule has 0 aliphatic carbocycles. The minimum absolute atomic E-state index is 0.0464. The lowest BCUT2D eigenvalue weighted by Crippen LogP contribution is -2.09. The summed E-state index contributed by atoms with van der Waals surface area (Å²) in [5.74, 6) is -1.59. The molecule has 0 aliphatic heterocycles. The second-order valence-electron chi connectivity index (χ2n) is 3.23. The van der Waals surface area contributed by atoms with Gasteiger partial charge in [0.15, 0.2) is 0 Å². The number of pyridine rings is 1. The van der Waals surface area contributed by atoms with Crippen LogP contribution in [0.5, 0.6) is 0 Å². The Balaban J connectivity index is 2.59. The molecule has 1 N–H and O–H groups in total. The summed E-state index contributed by atoms with van der Waals surface area (Å²) < 4.78 is 4.92. The summed E-state index contributed by atoms with van der Waals surface area (Å²) in [4.78, 5) is 25.6. The van der Waals surface area contributed by atoms with E-state index in [-0.39, 0.29) is 11.3 Å². The summed E-state index contributed by atoms with van der Waals surface area (Å²) in [6.45, 7) is 2.35. The van der Waals surface area contributed by atoms with Gasteiger partial charge in [0, 0.05) is 6.20 Å². The number of aromatic nitrogens is 1. The molecule has 5 heteroatoms. The second kappa shape index (κ2) is 5.85. The molecule has 0 atom stereocenters. The van der Waals surface area contributed by atoms with Crippen LogP contribution in [0, 0.1) is 0 Å². The summed E-state index contributed by atoms with van der Waals surface area (Å²) in [6.07, 6.45) is 2.89. The van der Waals surface area contributed by atoms with Crippen molar-refractivity contribution >= 4 is 11.9 Å². The maximum Gasteiger partial charge on any atom is 0.356 e. The Morgan fingerprint density at radius 3 is 2.69 bits per heavy atom. The largest absolute Gasteiger partial charge is 0.478 e. The van der Waals surface area contributed by atoms with Crippen LogP contribution in [0.3, 0.4) is 0 Å². The van der Waals surface area contributed by atoms with Gasteiger partial charge in [0.05, 0.1) is 12.2 Å². The Bertz CT molecular complexity index is 372. The van der Waals surface area contributed by atoms with Crippen molar-refractivity contribution in [3.8, 4) is 0 Å². The molecule has 5 nitrogen and oxygen atoms in total.